The van der Waals surface area contributed by atoms with Crippen molar-refractivity contribution in [1.29, 1.82) is 0 Å². The van der Waals surface area contributed by atoms with Gasteiger partial charge in [-0.2, -0.15) is 0 Å². The maximum atomic E-state index is 16.4. The average molecular weight is 963 g/mol. The van der Waals surface area contributed by atoms with E-state index in [2.05, 4.69) is 41.5 Å². The molecule has 14 heteroatoms. The lowest BCUT2D eigenvalue weighted by molar-refractivity contribution is -0.149. The molecule has 7 unspecified atom stereocenters. The number of aliphatic hydroxyl groups is 4. The zero-order valence-electron chi connectivity index (χ0n) is 38.9. The van der Waals surface area contributed by atoms with E-state index in [1.54, 1.807) is 50.6 Å². The molecule has 68 heavy (non-hydrogen) atoms. The van der Waals surface area contributed by atoms with Gasteiger partial charge in [0, 0.05) is 42.6 Å². The number of aryl methyl sites for hydroxylation is 1. The summed E-state index contributed by atoms with van der Waals surface area (Å²) in [6, 6.07) is 26.1. The summed E-state index contributed by atoms with van der Waals surface area (Å²) in [5.74, 6) is -1.19. The quantitative estimate of drug-likeness (QED) is 0.0415. The van der Waals surface area contributed by atoms with E-state index in [9.17, 15) is 30.6 Å². The van der Waals surface area contributed by atoms with Gasteiger partial charge in [-0.3, -0.25) is 4.79 Å². The molecule has 6 aromatic rings. The van der Waals surface area contributed by atoms with Gasteiger partial charge < -0.3 is 55.2 Å². The molecule has 0 amide bonds. The van der Waals surface area contributed by atoms with Crippen molar-refractivity contribution < 1.29 is 49.6 Å². The molecule has 0 bridgehead atoms. The largest absolute Gasteiger partial charge is 0.508 e. The number of H-pyrrole nitrogens is 1. The predicted molar refractivity (Wildman–Crippen MR) is 268 cm³/mol. The summed E-state index contributed by atoms with van der Waals surface area (Å²) in [7, 11) is 7.87. The van der Waals surface area contributed by atoms with Gasteiger partial charge in [0.05, 0.1) is 43.7 Å². The lowest BCUT2D eigenvalue weighted by Crippen LogP contribution is -2.61. The number of Topliss-reactive ketones (excluding diaryl/α,β-unsaturated/α-hetero) is 1. The fraction of sp³-hybridized carbons (Fsp3) is 0.389. The third-order valence-corrected chi connectivity index (χ3v) is 17.0. The number of hydrogen-bond acceptors (Lipinski definition) is 13. The second kappa shape index (κ2) is 21.6. The van der Waals surface area contributed by atoms with Crippen molar-refractivity contribution in [3.8, 4) is 28.7 Å². The van der Waals surface area contributed by atoms with Crippen LogP contribution in [0.3, 0.4) is 0 Å². The van der Waals surface area contributed by atoms with E-state index in [-0.39, 0.29) is 42.0 Å². The highest BCUT2D eigenvalue weighted by molar-refractivity contribution is 8.76. The Morgan fingerprint density at radius 1 is 0.897 bits per heavy atom. The Balaban J connectivity index is 1.34. The molecule has 0 spiro atoms. The number of aliphatic hydroxyl groups excluding tert-OH is 4. The first-order valence-corrected chi connectivity index (χ1v) is 25.6. The van der Waals surface area contributed by atoms with E-state index < -0.39 is 42.2 Å². The first-order chi connectivity index (χ1) is 33.0. The molecule has 1 fully saturated rings. The minimum Gasteiger partial charge on any atom is -0.508 e. The van der Waals surface area contributed by atoms with Crippen LogP contribution in [0.25, 0.3) is 10.8 Å². The predicted octanol–water partition coefficient (Wildman–Crippen LogP) is 7.74. The number of nitrogens with one attached hydrogen (secondary N) is 2. The first-order valence-electron chi connectivity index (χ1n) is 23.2. The van der Waals surface area contributed by atoms with Crippen LogP contribution in [0.1, 0.15) is 68.7 Å². The molecule has 1 aromatic heterocycles. The van der Waals surface area contributed by atoms with Crippen LogP contribution in [-0.4, -0.2) is 94.0 Å². The average Bonchev–Trinajstić information content (AvgIpc) is 3.85. The van der Waals surface area contributed by atoms with Gasteiger partial charge in [0.1, 0.15) is 5.75 Å². The van der Waals surface area contributed by atoms with Crippen molar-refractivity contribution in [2.24, 2.45) is 17.8 Å². The smallest absolute Gasteiger partial charge is 0.186 e. The normalized spacial score (nSPS) is 23.3. The number of benzene rings is 5. The van der Waals surface area contributed by atoms with Crippen molar-refractivity contribution >= 4 is 38.1 Å². The highest BCUT2D eigenvalue weighted by Gasteiger charge is 2.58. The van der Waals surface area contributed by atoms with E-state index in [0.29, 0.717) is 65.5 Å². The number of ketones is 1. The molecular weight excluding hydrogens is 901 g/mol. The van der Waals surface area contributed by atoms with E-state index in [1.807, 2.05) is 36.7 Å². The van der Waals surface area contributed by atoms with Gasteiger partial charge in [-0.15, -0.1) is 0 Å². The van der Waals surface area contributed by atoms with Gasteiger partial charge in [-0.25, -0.2) is 0 Å². The van der Waals surface area contributed by atoms with E-state index in [0.717, 1.165) is 50.6 Å². The topological polar surface area (TPSA) is 194 Å². The maximum Gasteiger partial charge on any atom is 0.186 e. The molecule has 8 N–H and O–H groups in total. The van der Waals surface area contributed by atoms with Gasteiger partial charge in [-0.1, -0.05) is 77.0 Å². The van der Waals surface area contributed by atoms with Crippen LogP contribution < -0.4 is 19.5 Å². The minimum atomic E-state index is -1.67. The van der Waals surface area contributed by atoms with Crippen LogP contribution in [0.4, 0.5) is 0 Å². The lowest BCUT2D eigenvalue weighted by atomic mass is 9.55. The second-order valence-corrected chi connectivity index (χ2v) is 20.7. The molecule has 2 heterocycles. The minimum absolute atomic E-state index is 0.0109. The Morgan fingerprint density at radius 2 is 1.74 bits per heavy atom. The number of carbonyl (C=O) groups excluding carboxylic acids is 1. The summed E-state index contributed by atoms with van der Waals surface area (Å²) >= 11 is 0. The fourth-order valence-corrected chi connectivity index (χ4v) is 13.8. The monoisotopic (exact) mass is 962 g/mol. The van der Waals surface area contributed by atoms with Gasteiger partial charge in [-0.05, 0) is 143 Å². The van der Waals surface area contributed by atoms with Crippen LogP contribution in [-0.2, 0) is 48.9 Å². The molecule has 1 saturated carbocycles. The summed E-state index contributed by atoms with van der Waals surface area (Å²) in [6.07, 6.45) is 3.19. The van der Waals surface area contributed by atoms with Gasteiger partial charge in [0.25, 0.3) is 0 Å². The Morgan fingerprint density at radius 3 is 2.46 bits per heavy atom. The third kappa shape index (κ3) is 9.69. The molecule has 5 aromatic carbocycles. The number of phenolic OH excluding ortho intramolecular Hbond substituents is 2. The van der Waals surface area contributed by atoms with Crippen molar-refractivity contribution in [1.82, 2.24) is 10.3 Å². The van der Waals surface area contributed by atoms with Crippen molar-refractivity contribution in [3.05, 3.63) is 147 Å². The molecule has 12 nitrogen and oxygen atoms in total. The van der Waals surface area contributed by atoms with Crippen molar-refractivity contribution in [2.75, 3.05) is 40.4 Å². The first kappa shape index (κ1) is 49.2. The molecule has 360 valence electrons. The highest BCUT2D eigenvalue weighted by Crippen LogP contribution is 2.52. The third-order valence-electron chi connectivity index (χ3n) is 14.2. The molecule has 1 aliphatic carbocycles. The lowest BCUT2D eigenvalue weighted by Gasteiger charge is -2.49. The molecule has 1 aliphatic heterocycles. The number of fused-ring (bicyclic) bond motifs is 2. The summed E-state index contributed by atoms with van der Waals surface area (Å²) in [5.41, 5.74) is 5.81. The van der Waals surface area contributed by atoms with E-state index >= 15 is 4.79 Å². The number of aromatic amines is 1. The summed E-state index contributed by atoms with van der Waals surface area (Å²) in [4.78, 5) is 19.6. The molecule has 7 atom stereocenters. The number of hydrogen-bond donors (Lipinski definition) is 8. The zero-order chi connectivity index (χ0) is 48.1. The molecule has 0 radical (unpaired) electrons. The Hall–Kier alpha value is -5.19. The van der Waals surface area contributed by atoms with Crippen LogP contribution >= 0.6 is 21.6 Å². The van der Waals surface area contributed by atoms with Gasteiger partial charge in [0.15, 0.2) is 35.6 Å². The number of aromatic hydroxyl groups is 2. The molecule has 2 aliphatic rings. The second-order valence-electron chi connectivity index (χ2n) is 18.1. The molecule has 8 rings (SSSR count). The summed E-state index contributed by atoms with van der Waals surface area (Å²) in [5, 5.41) is 74.6. The van der Waals surface area contributed by atoms with Gasteiger partial charge in [0.2, 0.25) is 0 Å². The maximum absolute atomic E-state index is 16.4. The number of rotatable bonds is 13. The van der Waals surface area contributed by atoms with Crippen molar-refractivity contribution in [2.45, 2.75) is 74.9 Å². The number of phenols is 2. The number of aromatic nitrogens is 1. The zero-order valence-corrected chi connectivity index (χ0v) is 40.5. The van der Waals surface area contributed by atoms with Crippen molar-refractivity contribution in [3.63, 3.8) is 0 Å². The molecule has 0 saturated heterocycles. The number of methoxy groups -OCH3 is 2. The van der Waals surface area contributed by atoms with E-state index in [4.69, 9.17) is 14.2 Å². The molecular formula is C54H62N2O10S2. The van der Waals surface area contributed by atoms with Gasteiger partial charge >= 0.3 is 0 Å². The van der Waals surface area contributed by atoms with Crippen LogP contribution in [0.5, 0.6) is 28.7 Å². The van der Waals surface area contributed by atoms with E-state index in [1.165, 1.54) is 28.7 Å². The summed E-state index contributed by atoms with van der Waals surface area (Å²) in [6.45, 7) is 1.77. The fourth-order valence-electron chi connectivity index (χ4n) is 11.0. The highest BCUT2D eigenvalue weighted by atomic mass is 33.1. The van der Waals surface area contributed by atoms with Crippen LogP contribution in [0.2, 0.25) is 0 Å². The Bertz CT molecular complexity index is 2710. The summed E-state index contributed by atoms with van der Waals surface area (Å²) < 4.78 is 17.1. The van der Waals surface area contributed by atoms with Crippen LogP contribution in [0.15, 0.2) is 97.3 Å². The number of ether oxygens (including phenoxy) is 3. The Kier molecular flexibility index (Phi) is 15.7. The Labute approximate surface area is 405 Å². The SMILES string of the molecule is CCc1ccc2cccc3c2c1Cc1c(ccc(O)c1OC)CC(Cc1cc[nH]c1)C(O)C1C(=O)C(Cc2ccc(OCO)c(OC)c2)(c2cc(O)cc(CNC)c2)C(O)CC1CSSC3CO. The number of carbonyl (C=O) groups is 1. The standard InChI is InChI=1S/C54H62N2O10S2/c1-5-34-10-11-35-7-6-8-41-47(28-57)68-67-29-38-22-48(61)54(39-18-33(26-55-2)19-40(59)23-39,25-31-9-14-45(66-30-58)46(20-31)64-3)53(63)50(38)51(62)37(17-32-15-16-56-27-32)21-36-12-13-44(60)52(65-4)43(36)24-42(34)49(35)41/h6-16,18-20,23,27,37-38,47-48,50-51,55-62H,5,17,21-22,24-26,28-30H2,1-4H3. The van der Waals surface area contributed by atoms with Crippen LogP contribution in [0, 0.1) is 17.8 Å².